The smallest absolute Gasteiger partial charge is 0.240 e. The van der Waals surface area contributed by atoms with Crippen molar-refractivity contribution < 1.29 is 9.59 Å². The molecule has 0 bridgehead atoms. The lowest BCUT2D eigenvalue weighted by Crippen LogP contribution is -2.60. The Balaban J connectivity index is 1.43. The summed E-state index contributed by atoms with van der Waals surface area (Å²) in [6.45, 7) is 6.50. The van der Waals surface area contributed by atoms with Gasteiger partial charge in [0, 0.05) is 44.7 Å². The summed E-state index contributed by atoms with van der Waals surface area (Å²) in [5.74, 6) is 1.56. The van der Waals surface area contributed by atoms with Crippen LogP contribution in [0, 0.1) is 11.8 Å². The molecule has 4 aliphatic rings. The van der Waals surface area contributed by atoms with E-state index in [-0.39, 0.29) is 6.04 Å². The Morgan fingerprint density at radius 2 is 1.46 bits per heavy atom. The Hall–Kier alpha value is -1.10. The standard InChI is InChI=1S/C21H35N3O2/c1-16-6-4-5-11-24(16)21(26)19(17-7-2-3-8-17)22-12-14-23(15-13-22)20(25)18-9-10-18/h16-19H,2-15H2,1H3. The van der Waals surface area contributed by atoms with Gasteiger partial charge in [-0.15, -0.1) is 0 Å². The van der Waals surface area contributed by atoms with Crippen molar-refractivity contribution in [2.75, 3.05) is 32.7 Å². The minimum Gasteiger partial charge on any atom is -0.340 e. The van der Waals surface area contributed by atoms with Crippen LogP contribution in [0.25, 0.3) is 0 Å². The van der Waals surface area contributed by atoms with Crippen molar-refractivity contribution in [3.05, 3.63) is 0 Å². The molecular formula is C21H35N3O2. The van der Waals surface area contributed by atoms with E-state index in [4.69, 9.17) is 0 Å². The lowest BCUT2D eigenvalue weighted by atomic mass is 9.92. The lowest BCUT2D eigenvalue weighted by Gasteiger charge is -2.44. The van der Waals surface area contributed by atoms with Gasteiger partial charge in [0.1, 0.15) is 0 Å². The predicted molar refractivity (Wildman–Crippen MR) is 102 cm³/mol. The molecule has 0 radical (unpaired) electrons. The molecule has 2 heterocycles. The fraction of sp³-hybridized carbons (Fsp3) is 0.905. The minimum atomic E-state index is 0.0521. The Morgan fingerprint density at radius 1 is 0.808 bits per heavy atom. The fourth-order valence-corrected chi connectivity index (χ4v) is 5.33. The number of piperidine rings is 1. The molecule has 146 valence electrons. The molecule has 2 unspecified atom stereocenters. The SMILES string of the molecule is CC1CCCCN1C(=O)C(C1CCCC1)N1CCN(C(=O)C2CC2)CC1. The maximum atomic E-state index is 13.5. The van der Waals surface area contributed by atoms with Crippen molar-refractivity contribution in [1.29, 1.82) is 0 Å². The molecular weight excluding hydrogens is 326 g/mol. The number of nitrogens with zero attached hydrogens (tertiary/aromatic N) is 3. The number of piperazine rings is 1. The predicted octanol–water partition coefficient (Wildman–Crippen LogP) is 2.50. The molecule has 2 saturated carbocycles. The second-order valence-electron chi connectivity index (χ2n) is 9.00. The maximum Gasteiger partial charge on any atom is 0.240 e. The Kier molecular flexibility index (Phi) is 5.53. The number of carbonyl (C=O) groups excluding carboxylic acids is 2. The first kappa shape index (κ1) is 18.3. The van der Waals surface area contributed by atoms with E-state index in [0.717, 1.165) is 58.4 Å². The van der Waals surface area contributed by atoms with Crippen molar-refractivity contribution in [1.82, 2.24) is 14.7 Å². The fourth-order valence-electron chi connectivity index (χ4n) is 5.33. The van der Waals surface area contributed by atoms with Crippen LogP contribution >= 0.6 is 0 Å². The zero-order valence-corrected chi connectivity index (χ0v) is 16.4. The average molecular weight is 362 g/mol. The number of hydrogen-bond donors (Lipinski definition) is 0. The highest BCUT2D eigenvalue weighted by Crippen LogP contribution is 2.34. The summed E-state index contributed by atoms with van der Waals surface area (Å²) >= 11 is 0. The Bertz CT molecular complexity index is 519. The second-order valence-corrected chi connectivity index (χ2v) is 9.00. The van der Waals surface area contributed by atoms with Crippen LogP contribution in [0.4, 0.5) is 0 Å². The van der Waals surface area contributed by atoms with E-state index in [2.05, 4.69) is 16.7 Å². The van der Waals surface area contributed by atoms with Gasteiger partial charge in [0.05, 0.1) is 6.04 Å². The van der Waals surface area contributed by atoms with Gasteiger partial charge in [-0.2, -0.15) is 0 Å². The third-order valence-electron chi connectivity index (χ3n) is 7.13. The molecule has 0 spiro atoms. The van der Waals surface area contributed by atoms with E-state index in [1.807, 2.05) is 4.90 Å². The molecule has 5 nitrogen and oxygen atoms in total. The number of rotatable bonds is 4. The summed E-state index contributed by atoms with van der Waals surface area (Å²) in [5, 5.41) is 0. The topological polar surface area (TPSA) is 43.9 Å². The molecule has 5 heteroatoms. The van der Waals surface area contributed by atoms with E-state index >= 15 is 0 Å². The summed E-state index contributed by atoms with van der Waals surface area (Å²) in [6.07, 6.45) is 10.6. The van der Waals surface area contributed by atoms with Crippen LogP contribution < -0.4 is 0 Å². The molecule has 2 saturated heterocycles. The zero-order chi connectivity index (χ0) is 18.1. The van der Waals surface area contributed by atoms with Gasteiger partial charge < -0.3 is 9.80 Å². The molecule has 4 rings (SSSR count). The van der Waals surface area contributed by atoms with Crippen LogP contribution in [0.1, 0.15) is 64.7 Å². The van der Waals surface area contributed by atoms with Gasteiger partial charge in [-0.25, -0.2) is 0 Å². The van der Waals surface area contributed by atoms with Gasteiger partial charge in [0.2, 0.25) is 11.8 Å². The normalized spacial score (nSPS) is 29.8. The summed E-state index contributed by atoms with van der Waals surface area (Å²) in [4.78, 5) is 32.5. The third kappa shape index (κ3) is 3.78. The number of amides is 2. The van der Waals surface area contributed by atoms with Crippen LogP contribution in [-0.2, 0) is 9.59 Å². The molecule has 4 fully saturated rings. The van der Waals surface area contributed by atoms with Crippen molar-refractivity contribution in [3.63, 3.8) is 0 Å². The van der Waals surface area contributed by atoms with Crippen LogP contribution in [0.2, 0.25) is 0 Å². The molecule has 0 aromatic rings. The highest BCUT2D eigenvalue weighted by atomic mass is 16.2. The van der Waals surface area contributed by atoms with Crippen LogP contribution in [0.5, 0.6) is 0 Å². The quantitative estimate of drug-likeness (QED) is 0.773. The first-order chi connectivity index (χ1) is 12.6. The third-order valence-corrected chi connectivity index (χ3v) is 7.13. The Morgan fingerprint density at radius 3 is 2.08 bits per heavy atom. The largest absolute Gasteiger partial charge is 0.340 e. The Labute approximate surface area is 158 Å². The summed E-state index contributed by atoms with van der Waals surface area (Å²) < 4.78 is 0. The number of hydrogen-bond acceptors (Lipinski definition) is 3. The summed E-state index contributed by atoms with van der Waals surface area (Å²) in [7, 11) is 0. The molecule has 0 aromatic carbocycles. The van der Waals surface area contributed by atoms with Gasteiger partial charge in [-0.05, 0) is 57.8 Å². The van der Waals surface area contributed by atoms with Crippen molar-refractivity contribution in [3.8, 4) is 0 Å². The van der Waals surface area contributed by atoms with Gasteiger partial charge >= 0.3 is 0 Å². The minimum absolute atomic E-state index is 0.0521. The molecule has 26 heavy (non-hydrogen) atoms. The van der Waals surface area contributed by atoms with Crippen molar-refractivity contribution in [2.24, 2.45) is 11.8 Å². The maximum absolute atomic E-state index is 13.5. The average Bonchev–Trinajstić information content (AvgIpc) is 3.38. The highest BCUT2D eigenvalue weighted by Gasteiger charge is 2.41. The van der Waals surface area contributed by atoms with Gasteiger partial charge in [0.15, 0.2) is 0 Å². The van der Waals surface area contributed by atoms with Crippen molar-refractivity contribution in [2.45, 2.75) is 76.8 Å². The molecule has 2 aliphatic heterocycles. The monoisotopic (exact) mass is 361 g/mol. The summed E-state index contributed by atoms with van der Waals surface area (Å²) in [5.41, 5.74) is 0. The van der Waals surface area contributed by atoms with E-state index in [1.54, 1.807) is 0 Å². The van der Waals surface area contributed by atoms with Crippen LogP contribution in [0.15, 0.2) is 0 Å². The summed E-state index contributed by atoms with van der Waals surface area (Å²) in [6, 6.07) is 0.439. The molecule has 2 amide bonds. The van der Waals surface area contributed by atoms with E-state index in [1.165, 1.54) is 32.1 Å². The lowest BCUT2D eigenvalue weighted by molar-refractivity contribution is -0.144. The zero-order valence-electron chi connectivity index (χ0n) is 16.4. The molecule has 0 N–H and O–H groups in total. The van der Waals surface area contributed by atoms with E-state index in [9.17, 15) is 9.59 Å². The number of likely N-dealkylation sites (tertiary alicyclic amines) is 1. The van der Waals surface area contributed by atoms with E-state index in [0.29, 0.717) is 29.7 Å². The first-order valence-electron chi connectivity index (χ1n) is 11.0. The van der Waals surface area contributed by atoms with E-state index < -0.39 is 0 Å². The highest BCUT2D eigenvalue weighted by molar-refractivity contribution is 5.83. The van der Waals surface area contributed by atoms with Gasteiger partial charge in [-0.3, -0.25) is 14.5 Å². The van der Waals surface area contributed by atoms with Crippen LogP contribution in [0.3, 0.4) is 0 Å². The first-order valence-corrected chi connectivity index (χ1v) is 11.0. The molecule has 0 aromatic heterocycles. The van der Waals surface area contributed by atoms with Gasteiger partial charge in [0.25, 0.3) is 0 Å². The molecule has 2 aliphatic carbocycles. The molecule has 2 atom stereocenters. The second kappa shape index (κ2) is 7.87. The van der Waals surface area contributed by atoms with Crippen LogP contribution in [-0.4, -0.2) is 71.3 Å². The van der Waals surface area contributed by atoms with Crippen molar-refractivity contribution >= 4 is 11.8 Å². The number of carbonyl (C=O) groups is 2. The van der Waals surface area contributed by atoms with Gasteiger partial charge in [-0.1, -0.05) is 12.8 Å².